The second-order valence-corrected chi connectivity index (χ2v) is 10.2. The number of halogens is 1. The molecule has 0 saturated carbocycles. The summed E-state index contributed by atoms with van der Waals surface area (Å²) in [5.74, 6) is -0.361. The molecule has 0 saturated heterocycles. The predicted molar refractivity (Wildman–Crippen MR) is 127 cm³/mol. The van der Waals surface area contributed by atoms with E-state index in [-0.39, 0.29) is 12.4 Å². The zero-order chi connectivity index (χ0) is 24.2. The van der Waals surface area contributed by atoms with E-state index in [1.165, 1.54) is 18.6 Å². The van der Waals surface area contributed by atoms with Gasteiger partial charge in [0.1, 0.15) is 22.5 Å². The van der Waals surface area contributed by atoms with Gasteiger partial charge in [0.2, 0.25) is 0 Å². The largest absolute Gasteiger partial charge is 0.468 e. The van der Waals surface area contributed by atoms with Crippen molar-refractivity contribution in [2.24, 2.45) is 0 Å². The number of aromatic amines is 1. The Morgan fingerprint density at radius 3 is 2.73 bits per heavy atom. The highest BCUT2D eigenvalue weighted by atomic mass is 79.9. The first-order valence-corrected chi connectivity index (χ1v) is 12.6. The first-order chi connectivity index (χ1) is 15.6. The fourth-order valence-electron chi connectivity index (χ4n) is 2.88. The van der Waals surface area contributed by atoms with E-state index < -0.39 is 37.8 Å². The molecule has 0 amide bonds. The summed E-state index contributed by atoms with van der Waals surface area (Å²) in [7, 11) is -2.80. The summed E-state index contributed by atoms with van der Waals surface area (Å²) in [4.78, 5) is 26.6. The van der Waals surface area contributed by atoms with Crippen molar-refractivity contribution in [1.29, 1.82) is 0 Å². The molecule has 1 unspecified atom stereocenters. The van der Waals surface area contributed by atoms with E-state index in [4.69, 9.17) is 26.0 Å². The van der Waals surface area contributed by atoms with Crippen LogP contribution in [0.2, 0.25) is 0 Å². The quantitative estimate of drug-likeness (QED) is 0.204. The van der Waals surface area contributed by atoms with Gasteiger partial charge in [0.25, 0.3) is 0 Å². The van der Waals surface area contributed by atoms with E-state index in [0.717, 1.165) is 10.0 Å². The fraction of sp³-hybridized carbons (Fsp3) is 0.350. The van der Waals surface area contributed by atoms with Gasteiger partial charge in [0.05, 0.1) is 13.7 Å². The molecule has 0 radical (unpaired) electrons. The summed E-state index contributed by atoms with van der Waals surface area (Å²) in [6.45, 7) is 3.08. The van der Waals surface area contributed by atoms with Gasteiger partial charge in [-0.3, -0.25) is 18.9 Å². The van der Waals surface area contributed by atoms with Crippen LogP contribution < -0.4 is 15.3 Å². The number of rotatable bonds is 9. The number of methoxy groups -OCH3 is 1. The Kier molecular flexibility index (Phi) is 8.43. The number of H-pyrrole nitrogens is 1. The van der Waals surface area contributed by atoms with E-state index in [1.807, 2.05) is 0 Å². The number of aryl methyl sites for hydroxylation is 1. The molecule has 0 aliphatic carbocycles. The third-order valence-corrected chi connectivity index (χ3v) is 7.18. The van der Waals surface area contributed by atoms with Crippen LogP contribution >= 0.6 is 35.9 Å². The van der Waals surface area contributed by atoms with Gasteiger partial charge < -0.3 is 14.0 Å². The fourth-order valence-corrected chi connectivity index (χ4v) is 4.79. The highest BCUT2D eigenvalue weighted by Crippen LogP contribution is 2.45. The predicted octanol–water partition coefficient (Wildman–Crippen LogP) is 3.79. The molecule has 2 heterocycles. The van der Waals surface area contributed by atoms with Crippen molar-refractivity contribution < 1.29 is 27.9 Å². The number of nitrogens with zero attached hydrogens (tertiary/aromatic N) is 1. The van der Waals surface area contributed by atoms with Crippen molar-refractivity contribution in [3.8, 4) is 5.75 Å². The number of carbonyl (C=O) groups excluding carboxylic acids is 1. The Morgan fingerprint density at radius 2 is 2.06 bits per heavy atom. The van der Waals surface area contributed by atoms with Gasteiger partial charge in [-0.05, 0) is 44.2 Å². The van der Waals surface area contributed by atoms with Crippen LogP contribution in [0.3, 0.4) is 0 Å². The Morgan fingerprint density at radius 1 is 1.36 bits per heavy atom. The molecule has 178 valence electrons. The first kappa shape index (κ1) is 25.5. The van der Waals surface area contributed by atoms with Crippen LogP contribution in [-0.2, 0) is 23.4 Å². The van der Waals surface area contributed by atoms with Crippen LogP contribution in [0.25, 0.3) is 0 Å². The van der Waals surface area contributed by atoms with E-state index in [9.17, 15) is 14.2 Å². The monoisotopic (exact) mass is 559 g/mol. The molecule has 0 spiro atoms. The standard InChI is InChI=1S/C20H23BrN3O7PS/c1-12-10-24(20(26)22-18(12)33)17-9-8-16(30-17)11-29-32(27,23-13(2)19(25)28-3)31-15-6-4-14(21)5-7-15/h4-10,13,16-17H,11H2,1-3H3,(H,23,27)(H,22,26,33)/t13-,16-,17+,32?/m0/s1. The van der Waals surface area contributed by atoms with E-state index >= 15 is 0 Å². The zero-order valence-corrected chi connectivity index (χ0v) is 21.3. The van der Waals surface area contributed by atoms with Gasteiger partial charge in [0.15, 0.2) is 6.23 Å². The minimum Gasteiger partial charge on any atom is -0.468 e. The molecule has 3 rings (SSSR count). The van der Waals surface area contributed by atoms with Crippen LogP contribution in [0.5, 0.6) is 5.75 Å². The van der Waals surface area contributed by atoms with Crippen molar-refractivity contribution in [2.45, 2.75) is 32.2 Å². The van der Waals surface area contributed by atoms with Gasteiger partial charge in [0, 0.05) is 16.2 Å². The Hall–Kier alpha value is -2.08. The third-order valence-electron chi connectivity index (χ3n) is 4.58. The molecule has 0 fully saturated rings. The summed E-state index contributed by atoms with van der Waals surface area (Å²) in [6.07, 6.45) is 3.65. The Balaban J connectivity index is 1.71. The molecule has 4 atom stereocenters. The highest BCUT2D eigenvalue weighted by Gasteiger charge is 2.34. The molecule has 1 aliphatic heterocycles. The summed E-state index contributed by atoms with van der Waals surface area (Å²) in [5, 5.41) is 2.57. The first-order valence-electron chi connectivity index (χ1n) is 9.81. The lowest BCUT2D eigenvalue weighted by Gasteiger charge is -2.24. The molecule has 2 aromatic rings. The number of carbonyl (C=O) groups is 1. The van der Waals surface area contributed by atoms with Crippen LogP contribution in [-0.4, -0.2) is 41.4 Å². The average Bonchev–Trinajstić information content (AvgIpc) is 3.25. The normalized spacial score (nSPS) is 20.2. The Bertz CT molecular complexity index is 1200. The van der Waals surface area contributed by atoms with E-state index in [0.29, 0.717) is 4.64 Å². The van der Waals surface area contributed by atoms with Gasteiger partial charge in [-0.25, -0.2) is 9.36 Å². The van der Waals surface area contributed by atoms with Crippen molar-refractivity contribution in [3.05, 3.63) is 67.8 Å². The van der Waals surface area contributed by atoms with E-state index in [1.54, 1.807) is 49.5 Å². The maximum atomic E-state index is 13.4. The summed E-state index contributed by atoms with van der Waals surface area (Å²) < 4.78 is 37.6. The van der Waals surface area contributed by atoms with Crippen LogP contribution in [0, 0.1) is 11.6 Å². The van der Waals surface area contributed by atoms with Crippen molar-refractivity contribution >= 4 is 41.9 Å². The molecular weight excluding hydrogens is 537 g/mol. The summed E-state index contributed by atoms with van der Waals surface area (Å²) >= 11 is 8.39. The highest BCUT2D eigenvalue weighted by molar-refractivity contribution is 9.10. The number of hydrogen-bond acceptors (Lipinski definition) is 8. The third kappa shape index (κ3) is 6.72. The smallest absolute Gasteiger partial charge is 0.459 e. The molecule has 1 aromatic heterocycles. The number of esters is 1. The second-order valence-electron chi connectivity index (χ2n) is 7.14. The Labute approximate surface area is 203 Å². The number of hydrogen-bond donors (Lipinski definition) is 2. The molecule has 10 nitrogen and oxygen atoms in total. The van der Waals surface area contributed by atoms with E-state index in [2.05, 4.69) is 30.7 Å². The molecule has 1 aliphatic rings. The zero-order valence-electron chi connectivity index (χ0n) is 18.0. The topological polar surface area (TPSA) is 121 Å². The van der Waals surface area contributed by atoms with Crippen LogP contribution in [0.15, 0.2) is 51.9 Å². The lowest BCUT2D eigenvalue weighted by molar-refractivity contribution is -0.142. The number of aromatic nitrogens is 2. The maximum absolute atomic E-state index is 13.4. The van der Waals surface area contributed by atoms with Crippen LogP contribution in [0.1, 0.15) is 18.7 Å². The van der Waals surface area contributed by atoms with Crippen molar-refractivity contribution in [1.82, 2.24) is 14.6 Å². The molecule has 1 aromatic carbocycles. The molecule has 0 bridgehead atoms. The maximum Gasteiger partial charge on any atom is 0.459 e. The lowest BCUT2D eigenvalue weighted by Crippen LogP contribution is -2.35. The molecule has 13 heteroatoms. The van der Waals surface area contributed by atoms with Gasteiger partial charge >= 0.3 is 19.4 Å². The average molecular weight is 560 g/mol. The molecule has 33 heavy (non-hydrogen) atoms. The lowest BCUT2D eigenvalue weighted by atomic mass is 10.3. The van der Waals surface area contributed by atoms with Crippen LogP contribution in [0.4, 0.5) is 0 Å². The molecular formula is C20H23BrN3O7PS. The summed E-state index contributed by atoms with van der Waals surface area (Å²) in [6, 6.07) is 5.66. The SMILES string of the molecule is COC(=O)[C@H](C)NP(=O)(OC[C@@H]1C=C[C@H](n2cc(C)c(=S)[nH]c2=O)O1)Oc1ccc(Br)cc1. The minimum atomic E-state index is -4.02. The van der Waals surface area contributed by atoms with Crippen molar-refractivity contribution in [3.63, 3.8) is 0 Å². The number of nitrogens with one attached hydrogen (secondary N) is 2. The second kappa shape index (κ2) is 10.9. The van der Waals surface area contributed by atoms with Gasteiger partial charge in [-0.1, -0.05) is 34.2 Å². The number of ether oxygens (including phenoxy) is 2. The number of benzene rings is 1. The van der Waals surface area contributed by atoms with Gasteiger partial charge in [-0.2, -0.15) is 5.09 Å². The van der Waals surface area contributed by atoms with Crippen molar-refractivity contribution in [2.75, 3.05) is 13.7 Å². The minimum absolute atomic E-state index is 0.168. The van der Waals surface area contributed by atoms with Gasteiger partial charge in [-0.15, -0.1) is 0 Å². The summed E-state index contributed by atoms with van der Waals surface area (Å²) in [5.41, 5.74) is 0.300. The molecule has 2 N–H and O–H groups in total.